The van der Waals surface area contributed by atoms with E-state index in [4.69, 9.17) is 11.6 Å². The van der Waals surface area contributed by atoms with Gasteiger partial charge in [0.15, 0.2) is 5.96 Å². The van der Waals surface area contributed by atoms with E-state index in [1.165, 1.54) is 19.5 Å². The average Bonchev–Trinajstić information content (AvgIpc) is 2.75. The summed E-state index contributed by atoms with van der Waals surface area (Å²) < 4.78 is 0. The molecule has 1 aliphatic rings. The summed E-state index contributed by atoms with van der Waals surface area (Å²) in [5, 5.41) is 7.47. The van der Waals surface area contributed by atoms with Gasteiger partial charge in [-0.2, -0.15) is 0 Å². The molecule has 0 radical (unpaired) electrons. The van der Waals surface area contributed by atoms with Crippen molar-refractivity contribution < 1.29 is 0 Å². The molecule has 0 bridgehead atoms. The molecule has 2 rings (SSSR count). The lowest BCUT2D eigenvalue weighted by Gasteiger charge is -2.21. The van der Waals surface area contributed by atoms with Crippen LogP contribution < -0.4 is 10.6 Å². The van der Waals surface area contributed by atoms with Crippen LogP contribution in [0.4, 0.5) is 0 Å². The van der Waals surface area contributed by atoms with Crippen LogP contribution in [0.25, 0.3) is 0 Å². The lowest BCUT2D eigenvalue weighted by atomic mass is 10.2. The van der Waals surface area contributed by atoms with Gasteiger partial charge in [0.2, 0.25) is 0 Å². The summed E-state index contributed by atoms with van der Waals surface area (Å²) in [5.74, 6) is 0.830. The summed E-state index contributed by atoms with van der Waals surface area (Å²) >= 11 is 6.00. The fourth-order valence-corrected chi connectivity index (χ4v) is 2.92. The van der Waals surface area contributed by atoms with Gasteiger partial charge >= 0.3 is 0 Å². The Morgan fingerprint density at radius 1 is 1.21 bits per heavy atom. The molecule has 0 saturated carbocycles. The second-order valence-corrected chi connectivity index (χ2v) is 6.42. The molecule has 5 nitrogen and oxygen atoms in total. The monoisotopic (exact) mass is 465 g/mol. The van der Waals surface area contributed by atoms with E-state index in [1.807, 2.05) is 18.2 Å². The number of rotatable bonds is 5. The van der Waals surface area contributed by atoms with E-state index in [9.17, 15) is 0 Å². The van der Waals surface area contributed by atoms with Gasteiger partial charge < -0.3 is 20.4 Å². The minimum Gasteiger partial charge on any atom is -0.355 e. The predicted molar refractivity (Wildman–Crippen MR) is 114 cm³/mol. The Bertz CT molecular complexity index is 512. The second kappa shape index (κ2) is 11.9. The molecule has 0 aliphatic carbocycles. The average molecular weight is 466 g/mol. The molecule has 0 spiro atoms. The molecule has 136 valence electrons. The molecule has 1 aliphatic heterocycles. The Kier molecular flexibility index (Phi) is 10.6. The van der Waals surface area contributed by atoms with E-state index < -0.39 is 0 Å². The van der Waals surface area contributed by atoms with Gasteiger partial charge in [-0.3, -0.25) is 4.99 Å². The van der Waals surface area contributed by atoms with Gasteiger partial charge in [0, 0.05) is 44.8 Å². The predicted octanol–water partition coefficient (Wildman–Crippen LogP) is 2.26. The van der Waals surface area contributed by atoms with Crippen molar-refractivity contribution in [2.24, 2.45) is 4.99 Å². The number of hydrogen-bond acceptors (Lipinski definition) is 3. The van der Waals surface area contributed by atoms with Crippen molar-refractivity contribution in [1.29, 1.82) is 0 Å². The standard InChI is InChI=1S/C17H28ClN5.HI/c1-19-17(21-14-15-5-3-6-16(18)13-15)20-7-10-23-9-4-8-22(2)11-12-23;/h3,5-6,13H,4,7-12,14H2,1-2H3,(H2,19,20,21);1H. The van der Waals surface area contributed by atoms with Crippen LogP contribution in [0.2, 0.25) is 5.02 Å². The van der Waals surface area contributed by atoms with Crippen LogP contribution in [-0.4, -0.2) is 69.1 Å². The number of nitrogens with one attached hydrogen (secondary N) is 2. The molecule has 7 heteroatoms. The first-order chi connectivity index (χ1) is 11.2. The molecular weight excluding hydrogens is 437 g/mol. The van der Waals surface area contributed by atoms with Crippen molar-refractivity contribution in [2.45, 2.75) is 13.0 Å². The van der Waals surface area contributed by atoms with E-state index in [0.717, 1.165) is 49.3 Å². The van der Waals surface area contributed by atoms with Gasteiger partial charge in [-0.15, -0.1) is 24.0 Å². The summed E-state index contributed by atoms with van der Waals surface area (Å²) in [4.78, 5) is 9.19. The molecule has 24 heavy (non-hydrogen) atoms. The SMILES string of the molecule is CN=C(NCCN1CCCN(C)CC1)NCc1cccc(Cl)c1.I. The van der Waals surface area contributed by atoms with E-state index in [2.05, 4.69) is 38.5 Å². The Labute approximate surface area is 167 Å². The molecular formula is C17H29ClIN5. The first-order valence-electron chi connectivity index (χ1n) is 8.27. The Morgan fingerprint density at radius 3 is 2.79 bits per heavy atom. The molecule has 0 amide bonds. The van der Waals surface area contributed by atoms with Gasteiger partial charge in [0.1, 0.15) is 0 Å². The number of likely N-dealkylation sites (N-methyl/N-ethyl adjacent to an activating group) is 1. The second-order valence-electron chi connectivity index (χ2n) is 5.98. The quantitative estimate of drug-likeness (QED) is 0.398. The third kappa shape index (κ3) is 8.00. The Hall–Kier alpha value is -0.570. The van der Waals surface area contributed by atoms with Crippen LogP contribution in [0.3, 0.4) is 0 Å². The minimum atomic E-state index is 0. The first kappa shape index (κ1) is 21.5. The number of aliphatic imine (C=N–C) groups is 1. The van der Waals surface area contributed by atoms with Crippen LogP contribution in [0, 0.1) is 0 Å². The Morgan fingerprint density at radius 2 is 2.04 bits per heavy atom. The molecule has 1 saturated heterocycles. The van der Waals surface area contributed by atoms with Crippen molar-refractivity contribution in [2.75, 3.05) is 53.4 Å². The number of hydrogen-bond donors (Lipinski definition) is 2. The maximum atomic E-state index is 6.00. The zero-order valence-corrected chi connectivity index (χ0v) is 17.7. The smallest absolute Gasteiger partial charge is 0.191 e. The van der Waals surface area contributed by atoms with Crippen molar-refractivity contribution in [1.82, 2.24) is 20.4 Å². The van der Waals surface area contributed by atoms with Gasteiger partial charge in [0.05, 0.1) is 0 Å². The Balaban J connectivity index is 0.00000288. The third-order valence-electron chi connectivity index (χ3n) is 4.11. The molecule has 0 unspecified atom stereocenters. The minimum absolute atomic E-state index is 0. The van der Waals surface area contributed by atoms with Crippen molar-refractivity contribution >= 4 is 41.5 Å². The van der Waals surface area contributed by atoms with Gasteiger partial charge in [-0.25, -0.2) is 0 Å². The van der Waals surface area contributed by atoms with Crippen molar-refractivity contribution in [3.8, 4) is 0 Å². The van der Waals surface area contributed by atoms with Crippen LogP contribution in [-0.2, 0) is 6.54 Å². The van der Waals surface area contributed by atoms with Crippen LogP contribution in [0.1, 0.15) is 12.0 Å². The molecule has 1 aromatic carbocycles. The van der Waals surface area contributed by atoms with E-state index in [1.54, 1.807) is 7.05 Å². The van der Waals surface area contributed by atoms with Gasteiger partial charge in [0.25, 0.3) is 0 Å². The third-order valence-corrected chi connectivity index (χ3v) is 4.34. The first-order valence-corrected chi connectivity index (χ1v) is 8.65. The molecule has 0 aromatic heterocycles. The maximum absolute atomic E-state index is 6.00. The molecule has 1 fully saturated rings. The summed E-state index contributed by atoms with van der Waals surface area (Å²) in [6.45, 7) is 7.35. The van der Waals surface area contributed by atoms with E-state index in [-0.39, 0.29) is 24.0 Å². The largest absolute Gasteiger partial charge is 0.355 e. The highest BCUT2D eigenvalue weighted by atomic mass is 127. The normalized spacial score (nSPS) is 17.0. The summed E-state index contributed by atoms with van der Waals surface area (Å²) in [5.41, 5.74) is 1.15. The zero-order valence-electron chi connectivity index (χ0n) is 14.6. The molecule has 1 aromatic rings. The van der Waals surface area contributed by atoms with Crippen molar-refractivity contribution in [3.05, 3.63) is 34.9 Å². The summed E-state index contributed by atoms with van der Waals surface area (Å²) in [6.07, 6.45) is 1.25. The number of benzene rings is 1. The van der Waals surface area contributed by atoms with Crippen LogP contribution in [0.15, 0.2) is 29.3 Å². The highest BCUT2D eigenvalue weighted by Crippen LogP contribution is 2.10. The van der Waals surface area contributed by atoms with Crippen LogP contribution in [0.5, 0.6) is 0 Å². The fraction of sp³-hybridized carbons (Fsp3) is 0.588. The summed E-state index contributed by atoms with van der Waals surface area (Å²) in [7, 11) is 4.00. The topological polar surface area (TPSA) is 42.9 Å². The van der Waals surface area contributed by atoms with Gasteiger partial charge in [-0.1, -0.05) is 23.7 Å². The number of guanidine groups is 1. The van der Waals surface area contributed by atoms with Crippen LogP contribution >= 0.6 is 35.6 Å². The number of nitrogens with zero attached hydrogens (tertiary/aromatic N) is 3. The van der Waals surface area contributed by atoms with Crippen molar-refractivity contribution in [3.63, 3.8) is 0 Å². The lowest BCUT2D eigenvalue weighted by molar-refractivity contribution is 0.280. The zero-order chi connectivity index (χ0) is 16.5. The van der Waals surface area contributed by atoms with Gasteiger partial charge in [-0.05, 0) is 44.3 Å². The van der Waals surface area contributed by atoms with E-state index >= 15 is 0 Å². The molecule has 0 atom stereocenters. The fourth-order valence-electron chi connectivity index (χ4n) is 2.71. The van der Waals surface area contributed by atoms with E-state index in [0.29, 0.717) is 0 Å². The number of halogens is 2. The molecule has 2 N–H and O–H groups in total. The molecule has 1 heterocycles. The highest BCUT2D eigenvalue weighted by molar-refractivity contribution is 14.0. The maximum Gasteiger partial charge on any atom is 0.191 e. The summed E-state index contributed by atoms with van der Waals surface area (Å²) in [6, 6.07) is 7.87. The highest BCUT2D eigenvalue weighted by Gasteiger charge is 2.11. The lowest BCUT2D eigenvalue weighted by Crippen LogP contribution is -2.42.